The average molecular weight is 289 g/mol. The van der Waals surface area contributed by atoms with Crippen LogP contribution in [0.4, 0.5) is 4.39 Å². The predicted octanol–water partition coefficient (Wildman–Crippen LogP) is 3.22. The van der Waals surface area contributed by atoms with Crippen molar-refractivity contribution in [2.45, 2.75) is 19.1 Å². The molecule has 0 aromatic heterocycles. The van der Waals surface area contributed by atoms with Gasteiger partial charge in [0.15, 0.2) is 11.6 Å². The minimum atomic E-state index is -0.586. The zero-order valence-corrected chi connectivity index (χ0v) is 12.2. The third-order valence-electron chi connectivity index (χ3n) is 3.48. The Morgan fingerprint density at radius 1 is 1.14 bits per heavy atom. The van der Waals surface area contributed by atoms with E-state index in [1.54, 1.807) is 6.07 Å². The van der Waals surface area contributed by atoms with E-state index in [-0.39, 0.29) is 17.6 Å². The van der Waals surface area contributed by atoms with E-state index in [9.17, 15) is 9.50 Å². The number of rotatable bonds is 6. The van der Waals surface area contributed by atoms with Crippen LogP contribution in [0.3, 0.4) is 0 Å². The van der Waals surface area contributed by atoms with Crippen LogP contribution in [-0.2, 0) is 0 Å². The number of aliphatic hydroxyl groups excluding tert-OH is 1. The summed E-state index contributed by atoms with van der Waals surface area (Å²) in [6.45, 7) is 2.33. The first kappa shape index (κ1) is 15.5. The van der Waals surface area contributed by atoms with Crippen molar-refractivity contribution in [3.63, 3.8) is 0 Å². The number of hydrogen-bond donors (Lipinski definition) is 2. The minimum absolute atomic E-state index is 0.0660. The second kappa shape index (κ2) is 7.20. The van der Waals surface area contributed by atoms with Crippen molar-refractivity contribution >= 4 is 0 Å². The van der Waals surface area contributed by atoms with E-state index in [1.165, 1.54) is 13.2 Å². The highest BCUT2D eigenvalue weighted by Crippen LogP contribution is 2.22. The van der Waals surface area contributed by atoms with E-state index in [0.717, 1.165) is 11.1 Å². The van der Waals surface area contributed by atoms with Gasteiger partial charge in [-0.05, 0) is 30.2 Å². The highest BCUT2D eigenvalue weighted by atomic mass is 19.1. The third kappa shape index (κ3) is 4.03. The number of benzene rings is 2. The summed E-state index contributed by atoms with van der Waals surface area (Å²) in [6, 6.07) is 14.3. The maximum Gasteiger partial charge on any atom is 0.165 e. The summed E-state index contributed by atoms with van der Waals surface area (Å²) < 4.78 is 18.6. The fourth-order valence-corrected chi connectivity index (χ4v) is 2.15. The molecule has 3 nitrogen and oxygen atoms in total. The van der Waals surface area contributed by atoms with Gasteiger partial charge in [0.25, 0.3) is 0 Å². The molecular formula is C17H20FNO2. The molecule has 0 amide bonds. The Labute approximate surface area is 124 Å². The van der Waals surface area contributed by atoms with Crippen molar-refractivity contribution in [2.24, 2.45) is 0 Å². The van der Waals surface area contributed by atoms with Gasteiger partial charge in [-0.2, -0.15) is 0 Å². The fraction of sp³-hybridized carbons (Fsp3) is 0.294. The van der Waals surface area contributed by atoms with Gasteiger partial charge in [0.1, 0.15) is 0 Å². The van der Waals surface area contributed by atoms with Crippen LogP contribution in [0.15, 0.2) is 48.5 Å². The molecule has 0 radical (unpaired) electrons. The van der Waals surface area contributed by atoms with Crippen molar-refractivity contribution in [3.05, 3.63) is 65.5 Å². The molecule has 0 aliphatic rings. The molecule has 21 heavy (non-hydrogen) atoms. The van der Waals surface area contributed by atoms with E-state index >= 15 is 0 Å². The van der Waals surface area contributed by atoms with Crippen molar-refractivity contribution < 1.29 is 14.2 Å². The van der Waals surface area contributed by atoms with Gasteiger partial charge in [0.2, 0.25) is 0 Å². The highest BCUT2D eigenvalue weighted by Gasteiger charge is 2.12. The summed E-state index contributed by atoms with van der Waals surface area (Å²) in [7, 11) is 1.44. The fourth-order valence-electron chi connectivity index (χ4n) is 2.15. The molecule has 2 rings (SSSR count). The minimum Gasteiger partial charge on any atom is -0.494 e. The monoisotopic (exact) mass is 289 g/mol. The molecular weight excluding hydrogens is 269 g/mol. The molecule has 0 saturated heterocycles. The largest absolute Gasteiger partial charge is 0.494 e. The lowest BCUT2D eigenvalue weighted by Gasteiger charge is -2.18. The number of aliphatic hydroxyl groups is 1. The first-order valence-electron chi connectivity index (χ1n) is 6.91. The van der Waals surface area contributed by atoms with Crippen LogP contribution < -0.4 is 10.1 Å². The van der Waals surface area contributed by atoms with Crippen molar-refractivity contribution in [3.8, 4) is 5.75 Å². The molecule has 0 heterocycles. The number of nitrogens with one attached hydrogen (secondary N) is 1. The summed E-state index contributed by atoms with van der Waals surface area (Å²) in [5.74, 6) is -0.150. The third-order valence-corrected chi connectivity index (χ3v) is 3.48. The molecule has 0 aliphatic heterocycles. The topological polar surface area (TPSA) is 41.5 Å². The van der Waals surface area contributed by atoms with Gasteiger partial charge in [-0.25, -0.2) is 4.39 Å². The number of halogens is 1. The molecule has 2 unspecified atom stereocenters. The van der Waals surface area contributed by atoms with Gasteiger partial charge >= 0.3 is 0 Å². The maximum absolute atomic E-state index is 13.7. The van der Waals surface area contributed by atoms with Gasteiger partial charge in [0.05, 0.1) is 13.2 Å². The standard InChI is InChI=1S/C17H20FNO2/c1-12(14-8-9-17(21-2)15(18)10-14)19-11-16(20)13-6-4-3-5-7-13/h3-10,12,16,19-20H,11H2,1-2H3. The molecule has 0 spiro atoms. The summed E-state index contributed by atoms with van der Waals surface area (Å²) >= 11 is 0. The predicted molar refractivity (Wildman–Crippen MR) is 80.8 cm³/mol. The molecule has 0 aliphatic carbocycles. The van der Waals surface area contributed by atoms with Gasteiger partial charge in [-0.3, -0.25) is 0 Å². The van der Waals surface area contributed by atoms with Crippen LogP contribution in [0.5, 0.6) is 5.75 Å². The van der Waals surface area contributed by atoms with Crippen LogP contribution >= 0.6 is 0 Å². The van der Waals surface area contributed by atoms with Gasteiger partial charge in [-0.1, -0.05) is 36.4 Å². The second-order valence-electron chi connectivity index (χ2n) is 4.95. The molecule has 2 aromatic rings. The number of methoxy groups -OCH3 is 1. The Hall–Kier alpha value is -1.91. The van der Waals surface area contributed by atoms with Gasteiger partial charge < -0.3 is 15.2 Å². The Morgan fingerprint density at radius 3 is 2.48 bits per heavy atom. The lowest BCUT2D eigenvalue weighted by atomic mass is 10.1. The normalized spacial score (nSPS) is 13.7. The SMILES string of the molecule is COc1ccc(C(C)NCC(O)c2ccccc2)cc1F. The van der Waals surface area contributed by atoms with Gasteiger partial charge in [0, 0.05) is 12.6 Å². The average Bonchev–Trinajstić information content (AvgIpc) is 2.53. The Bertz CT molecular complexity index is 574. The maximum atomic E-state index is 13.7. The van der Waals surface area contributed by atoms with Gasteiger partial charge in [-0.15, -0.1) is 0 Å². The van der Waals surface area contributed by atoms with E-state index in [0.29, 0.717) is 6.54 Å². The molecule has 2 atom stereocenters. The first-order chi connectivity index (χ1) is 10.1. The summed E-state index contributed by atoms with van der Waals surface area (Å²) in [5, 5.41) is 13.3. The Balaban J connectivity index is 1.95. The van der Waals surface area contributed by atoms with Crippen molar-refractivity contribution in [1.29, 1.82) is 0 Å². The second-order valence-corrected chi connectivity index (χ2v) is 4.95. The van der Waals surface area contributed by atoms with Crippen LogP contribution in [0.25, 0.3) is 0 Å². The molecule has 112 valence electrons. The lowest BCUT2D eigenvalue weighted by molar-refractivity contribution is 0.171. The molecule has 0 bridgehead atoms. The molecule has 4 heteroatoms. The molecule has 2 aromatic carbocycles. The van der Waals surface area contributed by atoms with Crippen molar-refractivity contribution in [2.75, 3.05) is 13.7 Å². The summed E-state index contributed by atoms with van der Waals surface area (Å²) in [5.41, 5.74) is 1.67. The van der Waals surface area contributed by atoms with E-state index < -0.39 is 6.10 Å². The van der Waals surface area contributed by atoms with E-state index in [1.807, 2.05) is 43.3 Å². The van der Waals surface area contributed by atoms with Crippen molar-refractivity contribution in [1.82, 2.24) is 5.32 Å². The number of hydrogen-bond acceptors (Lipinski definition) is 3. The molecule has 2 N–H and O–H groups in total. The van der Waals surface area contributed by atoms with Crippen LogP contribution in [-0.4, -0.2) is 18.8 Å². The summed E-state index contributed by atoms with van der Waals surface area (Å²) in [4.78, 5) is 0. The molecule has 0 fully saturated rings. The number of ether oxygens (including phenoxy) is 1. The molecule has 0 saturated carbocycles. The Morgan fingerprint density at radius 2 is 1.86 bits per heavy atom. The van der Waals surface area contributed by atoms with Crippen LogP contribution in [0.2, 0.25) is 0 Å². The summed E-state index contributed by atoms with van der Waals surface area (Å²) in [6.07, 6.45) is -0.586. The first-order valence-corrected chi connectivity index (χ1v) is 6.91. The van der Waals surface area contributed by atoms with Crippen LogP contribution in [0, 0.1) is 5.82 Å². The zero-order chi connectivity index (χ0) is 15.2. The Kier molecular flexibility index (Phi) is 5.31. The zero-order valence-electron chi connectivity index (χ0n) is 12.2. The highest BCUT2D eigenvalue weighted by molar-refractivity contribution is 5.30. The van der Waals surface area contributed by atoms with E-state index in [4.69, 9.17) is 4.74 Å². The van der Waals surface area contributed by atoms with E-state index in [2.05, 4.69) is 5.32 Å². The quantitative estimate of drug-likeness (QED) is 0.858. The lowest BCUT2D eigenvalue weighted by Crippen LogP contribution is -2.24. The smallest absolute Gasteiger partial charge is 0.165 e. The van der Waals surface area contributed by atoms with Crippen LogP contribution in [0.1, 0.15) is 30.2 Å².